The van der Waals surface area contributed by atoms with Crippen LogP contribution in [0.1, 0.15) is 25.8 Å². The van der Waals surface area contributed by atoms with Crippen LogP contribution in [0, 0.1) is 5.92 Å². The molecule has 140 valence electrons. The number of anilines is 1. The third-order valence-electron chi connectivity index (χ3n) is 4.85. The first-order valence-electron chi connectivity index (χ1n) is 9.09. The van der Waals surface area contributed by atoms with Gasteiger partial charge in [0.05, 0.1) is 6.54 Å². The molecule has 0 aromatic carbocycles. The summed E-state index contributed by atoms with van der Waals surface area (Å²) >= 11 is 0. The van der Waals surface area contributed by atoms with Gasteiger partial charge in [0.25, 0.3) is 0 Å². The Labute approximate surface area is 168 Å². The van der Waals surface area contributed by atoms with Gasteiger partial charge in [0.15, 0.2) is 5.96 Å². The molecular formula is C18H31IN6. The quantitative estimate of drug-likeness (QED) is 0.401. The van der Waals surface area contributed by atoms with E-state index in [1.165, 1.54) is 12.0 Å². The average molecular weight is 458 g/mol. The van der Waals surface area contributed by atoms with Crippen molar-refractivity contribution in [2.75, 3.05) is 44.7 Å². The lowest BCUT2D eigenvalue weighted by Gasteiger charge is -2.34. The van der Waals surface area contributed by atoms with Crippen molar-refractivity contribution < 1.29 is 0 Å². The van der Waals surface area contributed by atoms with Gasteiger partial charge in [-0.1, -0.05) is 13.0 Å². The van der Waals surface area contributed by atoms with Gasteiger partial charge in [-0.2, -0.15) is 0 Å². The van der Waals surface area contributed by atoms with Crippen LogP contribution >= 0.6 is 24.0 Å². The number of pyridine rings is 1. The molecular weight excluding hydrogens is 427 g/mol. The number of hydrogen-bond acceptors (Lipinski definition) is 4. The zero-order valence-electron chi connectivity index (χ0n) is 15.5. The highest BCUT2D eigenvalue weighted by Gasteiger charge is 2.33. The first-order chi connectivity index (χ1) is 11.7. The van der Waals surface area contributed by atoms with Gasteiger partial charge < -0.3 is 20.4 Å². The van der Waals surface area contributed by atoms with E-state index in [2.05, 4.69) is 52.4 Å². The molecule has 0 radical (unpaired) electrons. The molecule has 2 atom stereocenters. The molecule has 2 aliphatic rings. The summed E-state index contributed by atoms with van der Waals surface area (Å²) in [6.45, 7) is 10.1. The summed E-state index contributed by atoms with van der Waals surface area (Å²) in [5.74, 6) is 2.76. The third-order valence-corrected chi connectivity index (χ3v) is 4.85. The Hall–Kier alpha value is -1.09. The molecule has 7 heteroatoms. The minimum absolute atomic E-state index is 0. The monoisotopic (exact) mass is 458 g/mol. The molecule has 0 amide bonds. The summed E-state index contributed by atoms with van der Waals surface area (Å²) in [6, 6.07) is 4.73. The maximum atomic E-state index is 4.79. The van der Waals surface area contributed by atoms with E-state index in [4.69, 9.17) is 4.99 Å². The Morgan fingerprint density at radius 1 is 1.32 bits per heavy atom. The highest BCUT2D eigenvalue weighted by atomic mass is 127. The van der Waals surface area contributed by atoms with E-state index in [1.54, 1.807) is 0 Å². The van der Waals surface area contributed by atoms with Gasteiger partial charge in [0.1, 0.15) is 5.82 Å². The van der Waals surface area contributed by atoms with Crippen LogP contribution in [-0.4, -0.2) is 61.7 Å². The van der Waals surface area contributed by atoms with Crippen molar-refractivity contribution >= 4 is 35.8 Å². The summed E-state index contributed by atoms with van der Waals surface area (Å²) < 4.78 is 0. The van der Waals surface area contributed by atoms with Crippen molar-refractivity contribution in [1.82, 2.24) is 20.5 Å². The zero-order chi connectivity index (χ0) is 16.9. The molecule has 3 rings (SSSR count). The van der Waals surface area contributed by atoms with E-state index in [0.29, 0.717) is 12.6 Å². The van der Waals surface area contributed by atoms with Crippen LogP contribution in [0.25, 0.3) is 0 Å². The fourth-order valence-corrected chi connectivity index (χ4v) is 3.04. The number of aliphatic imine (C=N–C) groups is 1. The summed E-state index contributed by atoms with van der Waals surface area (Å²) in [6.07, 6.45) is 3.13. The Balaban J connectivity index is 0.00000225. The van der Waals surface area contributed by atoms with Gasteiger partial charge >= 0.3 is 0 Å². The van der Waals surface area contributed by atoms with Crippen molar-refractivity contribution in [3.05, 3.63) is 23.9 Å². The van der Waals surface area contributed by atoms with E-state index < -0.39 is 0 Å². The maximum absolute atomic E-state index is 4.79. The number of nitrogens with zero attached hydrogens (tertiary/aromatic N) is 4. The molecule has 1 aromatic rings. The average Bonchev–Trinajstić information content (AvgIpc) is 3.29. The lowest BCUT2D eigenvalue weighted by Crippen LogP contribution is -2.45. The summed E-state index contributed by atoms with van der Waals surface area (Å²) in [5.41, 5.74) is 1.20. The van der Waals surface area contributed by atoms with E-state index in [1.807, 2.05) is 12.3 Å². The van der Waals surface area contributed by atoms with Crippen LogP contribution in [0.4, 0.5) is 5.82 Å². The molecule has 1 aliphatic heterocycles. The summed E-state index contributed by atoms with van der Waals surface area (Å²) in [5, 5.41) is 6.86. The number of aromatic nitrogens is 1. The smallest absolute Gasteiger partial charge is 0.191 e. The number of piperazine rings is 1. The molecule has 1 aromatic heterocycles. The van der Waals surface area contributed by atoms with Gasteiger partial charge in [0, 0.05) is 50.5 Å². The molecule has 2 N–H and O–H groups in total. The minimum atomic E-state index is 0. The van der Waals surface area contributed by atoms with Gasteiger partial charge in [0.2, 0.25) is 0 Å². The fraction of sp³-hybridized carbons (Fsp3) is 0.667. The van der Waals surface area contributed by atoms with Crippen molar-refractivity contribution in [2.24, 2.45) is 10.9 Å². The Morgan fingerprint density at radius 2 is 2.04 bits per heavy atom. The van der Waals surface area contributed by atoms with Crippen molar-refractivity contribution in [2.45, 2.75) is 32.9 Å². The molecule has 2 heterocycles. The number of nitrogens with one attached hydrogen (secondary N) is 2. The van der Waals surface area contributed by atoms with E-state index in [0.717, 1.165) is 50.4 Å². The van der Waals surface area contributed by atoms with Gasteiger partial charge in [-0.25, -0.2) is 9.98 Å². The van der Waals surface area contributed by atoms with Crippen molar-refractivity contribution in [3.63, 3.8) is 0 Å². The molecule has 25 heavy (non-hydrogen) atoms. The first kappa shape index (κ1) is 20.2. The van der Waals surface area contributed by atoms with E-state index in [-0.39, 0.29) is 24.0 Å². The molecule has 2 unspecified atom stereocenters. The Morgan fingerprint density at radius 3 is 2.68 bits per heavy atom. The lowest BCUT2D eigenvalue weighted by atomic mass is 10.2. The SMILES string of the molecule is CCNC(=NCc1cccnc1N1CCN(C)CC1)NC1CC1C.I. The number of likely N-dealkylation sites (N-methyl/N-ethyl adjacent to an activating group) is 1. The van der Waals surface area contributed by atoms with Crippen molar-refractivity contribution in [1.29, 1.82) is 0 Å². The molecule has 2 fully saturated rings. The number of halogens is 1. The second-order valence-corrected chi connectivity index (χ2v) is 6.94. The Kier molecular flexibility index (Phi) is 7.74. The van der Waals surface area contributed by atoms with E-state index in [9.17, 15) is 0 Å². The Bertz CT molecular complexity index is 570. The van der Waals surface area contributed by atoms with Crippen LogP contribution in [0.2, 0.25) is 0 Å². The number of hydrogen-bond donors (Lipinski definition) is 2. The minimum Gasteiger partial charge on any atom is -0.357 e. The highest BCUT2D eigenvalue weighted by Crippen LogP contribution is 2.28. The van der Waals surface area contributed by atoms with Gasteiger partial charge in [-0.3, -0.25) is 0 Å². The predicted molar refractivity (Wildman–Crippen MR) is 115 cm³/mol. The van der Waals surface area contributed by atoms with Crippen LogP contribution in [0.15, 0.2) is 23.3 Å². The first-order valence-corrected chi connectivity index (χ1v) is 9.09. The fourth-order valence-electron chi connectivity index (χ4n) is 3.04. The molecule has 1 saturated carbocycles. The van der Waals surface area contributed by atoms with Gasteiger partial charge in [-0.15, -0.1) is 24.0 Å². The topological polar surface area (TPSA) is 55.8 Å². The molecule has 0 bridgehead atoms. The molecule has 0 spiro atoms. The molecule has 6 nitrogen and oxygen atoms in total. The van der Waals surface area contributed by atoms with Crippen LogP contribution in [0.3, 0.4) is 0 Å². The maximum Gasteiger partial charge on any atom is 0.191 e. The lowest BCUT2D eigenvalue weighted by molar-refractivity contribution is 0.312. The molecule has 1 aliphatic carbocycles. The standard InChI is InChI=1S/C18H30N6.HI/c1-4-19-18(22-16-12-14(16)2)21-13-15-6-5-7-20-17(15)24-10-8-23(3)9-11-24;/h5-7,14,16H,4,8-13H2,1-3H3,(H2,19,21,22);1H. The number of rotatable bonds is 5. The normalized spacial score (nSPS) is 23.8. The zero-order valence-corrected chi connectivity index (χ0v) is 17.9. The van der Waals surface area contributed by atoms with Crippen LogP contribution in [-0.2, 0) is 6.54 Å². The predicted octanol–water partition coefficient (Wildman–Crippen LogP) is 1.91. The summed E-state index contributed by atoms with van der Waals surface area (Å²) in [4.78, 5) is 14.2. The van der Waals surface area contributed by atoms with Gasteiger partial charge in [-0.05, 0) is 32.4 Å². The second-order valence-electron chi connectivity index (χ2n) is 6.94. The second kappa shape index (κ2) is 9.56. The van der Waals surface area contributed by atoms with Crippen molar-refractivity contribution in [3.8, 4) is 0 Å². The third kappa shape index (κ3) is 5.70. The van der Waals surface area contributed by atoms with E-state index >= 15 is 0 Å². The summed E-state index contributed by atoms with van der Waals surface area (Å²) in [7, 11) is 2.17. The largest absolute Gasteiger partial charge is 0.357 e. The highest BCUT2D eigenvalue weighted by molar-refractivity contribution is 14.0. The van der Waals surface area contributed by atoms with Crippen LogP contribution in [0.5, 0.6) is 0 Å². The number of guanidine groups is 1. The molecule has 1 saturated heterocycles. The van der Waals surface area contributed by atoms with Crippen LogP contribution < -0.4 is 15.5 Å².